The van der Waals surface area contributed by atoms with Gasteiger partial charge >= 0.3 is 11.8 Å². The summed E-state index contributed by atoms with van der Waals surface area (Å²) < 4.78 is 6.07. The standard InChI is InChI=1S/C12H15ClN4O.C5H11NO2/c1-16-11-10(15-12(16)18)8(7-9(13)14-11)17-5-3-2-4-6-17;1-5(2,3)8-4(6)7/h7H,2-6H2,1H3,(H,15,18);1-3H3,(H2,6,7). The third-order valence-corrected chi connectivity index (χ3v) is 4.10. The van der Waals surface area contributed by atoms with E-state index in [0.29, 0.717) is 10.8 Å². The zero-order valence-corrected chi connectivity index (χ0v) is 16.4. The summed E-state index contributed by atoms with van der Waals surface area (Å²) in [7, 11) is 1.70. The van der Waals surface area contributed by atoms with E-state index in [1.54, 1.807) is 27.8 Å². The normalized spacial score (nSPS) is 14.7. The first kappa shape index (κ1) is 20.1. The number of piperidine rings is 1. The van der Waals surface area contributed by atoms with Gasteiger partial charge in [-0.15, -0.1) is 0 Å². The van der Waals surface area contributed by atoms with E-state index in [2.05, 4.69) is 19.6 Å². The Labute approximate surface area is 157 Å². The zero-order valence-electron chi connectivity index (χ0n) is 15.6. The molecule has 9 heteroatoms. The smallest absolute Gasteiger partial charge is 0.405 e. The molecule has 2 aromatic heterocycles. The number of anilines is 1. The molecule has 1 aliphatic heterocycles. The first-order chi connectivity index (χ1) is 12.1. The second kappa shape index (κ2) is 7.99. The lowest BCUT2D eigenvalue weighted by Gasteiger charge is -2.29. The quantitative estimate of drug-likeness (QED) is 0.736. The van der Waals surface area contributed by atoms with Gasteiger partial charge in [-0.2, -0.15) is 0 Å². The number of aryl methyl sites for hydroxylation is 1. The molecular weight excluding hydrogens is 358 g/mol. The highest BCUT2D eigenvalue weighted by molar-refractivity contribution is 6.30. The molecule has 26 heavy (non-hydrogen) atoms. The topological polar surface area (TPSA) is 106 Å². The largest absolute Gasteiger partial charge is 0.444 e. The van der Waals surface area contributed by atoms with E-state index in [9.17, 15) is 9.59 Å². The number of hydrogen-bond donors (Lipinski definition) is 2. The molecule has 0 atom stereocenters. The number of imidazole rings is 1. The van der Waals surface area contributed by atoms with E-state index in [0.717, 1.165) is 24.3 Å². The predicted molar refractivity (Wildman–Crippen MR) is 103 cm³/mol. The molecule has 8 nitrogen and oxygen atoms in total. The van der Waals surface area contributed by atoms with Gasteiger partial charge in [0.05, 0.1) is 5.69 Å². The lowest BCUT2D eigenvalue weighted by molar-refractivity contribution is 0.0600. The van der Waals surface area contributed by atoms with Crippen molar-refractivity contribution in [1.29, 1.82) is 0 Å². The monoisotopic (exact) mass is 383 g/mol. The Balaban J connectivity index is 0.000000260. The number of nitrogens with one attached hydrogen (secondary N) is 1. The van der Waals surface area contributed by atoms with Crippen LogP contribution in [0.25, 0.3) is 11.2 Å². The fraction of sp³-hybridized carbons (Fsp3) is 0.588. The highest BCUT2D eigenvalue weighted by Crippen LogP contribution is 2.28. The molecule has 1 aliphatic rings. The number of pyridine rings is 1. The molecule has 2 aromatic rings. The van der Waals surface area contributed by atoms with Crippen molar-refractivity contribution < 1.29 is 9.53 Å². The van der Waals surface area contributed by atoms with Gasteiger partial charge in [-0.25, -0.2) is 14.6 Å². The van der Waals surface area contributed by atoms with Gasteiger partial charge in [0.1, 0.15) is 16.3 Å². The summed E-state index contributed by atoms with van der Waals surface area (Å²) in [6, 6.07) is 1.84. The highest BCUT2D eigenvalue weighted by Gasteiger charge is 2.18. The van der Waals surface area contributed by atoms with Crippen LogP contribution < -0.4 is 16.3 Å². The number of rotatable bonds is 1. The third-order valence-electron chi connectivity index (χ3n) is 3.91. The highest BCUT2D eigenvalue weighted by atomic mass is 35.5. The molecule has 144 valence electrons. The summed E-state index contributed by atoms with van der Waals surface area (Å²) in [5.74, 6) is 0. The van der Waals surface area contributed by atoms with Crippen molar-refractivity contribution in [1.82, 2.24) is 14.5 Å². The van der Waals surface area contributed by atoms with Gasteiger partial charge < -0.3 is 20.4 Å². The molecule has 3 heterocycles. The summed E-state index contributed by atoms with van der Waals surface area (Å²) in [4.78, 5) is 31.1. The Bertz CT molecular complexity index is 831. The lowest BCUT2D eigenvalue weighted by atomic mass is 10.1. The van der Waals surface area contributed by atoms with Crippen LogP contribution in [0.2, 0.25) is 5.15 Å². The maximum absolute atomic E-state index is 11.7. The molecule has 0 bridgehead atoms. The van der Waals surface area contributed by atoms with Crippen LogP contribution >= 0.6 is 11.6 Å². The van der Waals surface area contributed by atoms with Crippen molar-refractivity contribution in [2.75, 3.05) is 18.0 Å². The van der Waals surface area contributed by atoms with Crippen LogP contribution in [-0.2, 0) is 11.8 Å². The van der Waals surface area contributed by atoms with E-state index < -0.39 is 11.7 Å². The average molecular weight is 384 g/mol. The van der Waals surface area contributed by atoms with Crippen LogP contribution in [0.1, 0.15) is 40.0 Å². The van der Waals surface area contributed by atoms with E-state index in [1.165, 1.54) is 23.8 Å². The number of halogens is 1. The van der Waals surface area contributed by atoms with Gasteiger partial charge in [-0.1, -0.05) is 11.6 Å². The Morgan fingerprint density at radius 3 is 2.42 bits per heavy atom. The molecule has 0 aromatic carbocycles. The maximum Gasteiger partial charge on any atom is 0.405 e. The molecule has 0 saturated carbocycles. The van der Waals surface area contributed by atoms with Crippen LogP contribution in [0.3, 0.4) is 0 Å². The Morgan fingerprint density at radius 1 is 1.31 bits per heavy atom. The predicted octanol–water partition coefficient (Wildman–Crippen LogP) is 2.79. The first-order valence-corrected chi connectivity index (χ1v) is 8.95. The second-order valence-electron chi connectivity index (χ2n) is 7.23. The number of nitrogens with zero attached hydrogens (tertiary/aromatic N) is 3. The summed E-state index contributed by atoms with van der Waals surface area (Å²) in [5, 5.41) is 0.428. The van der Waals surface area contributed by atoms with Crippen molar-refractivity contribution in [3.63, 3.8) is 0 Å². The molecule has 3 N–H and O–H groups in total. The van der Waals surface area contributed by atoms with Crippen molar-refractivity contribution in [3.05, 3.63) is 21.7 Å². The van der Waals surface area contributed by atoms with Crippen molar-refractivity contribution in [2.45, 2.75) is 45.6 Å². The Hall–Kier alpha value is -2.22. The number of hydrogen-bond acceptors (Lipinski definition) is 5. The average Bonchev–Trinajstić information content (AvgIpc) is 2.81. The number of primary amides is 1. The van der Waals surface area contributed by atoms with E-state index in [1.807, 2.05) is 6.07 Å². The number of aromatic amines is 1. The van der Waals surface area contributed by atoms with Crippen LogP contribution in [0.4, 0.5) is 10.5 Å². The van der Waals surface area contributed by atoms with E-state index in [-0.39, 0.29) is 5.69 Å². The SMILES string of the molecule is CC(C)(C)OC(N)=O.Cn1c(=O)[nH]c2c(N3CCCCC3)cc(Cl)nc21. The fourth-order valence-corrected chi connectivity index (χ4v) is 3.01. The summed E-state index contributed by atoms with van der Waals surface area (Å²) in [5.41, 5.74) is 6.50. The van der Waals surface area contributed by atoms with Gasteiger partial charge in [0, 0.05) is 26.2 Å². The van der Waals surface area contributed by atoms with Crippen molar-refractivity contribution >= 4 is 34.5 Å². The van der Waals surface area contributed by atoms with Crippen molar-refractivity contribution in [3.8, 4) is 0 Å². The number of amides is 1. The van der Waals surface area contributed by atoms with E-state index in [4.69, 9.17) is 17.3 Å². The molecule has 0 spiro atoms. The number of fused-ring (bicyclic) bond motifs is 1. The number of carbonyl (C=O) groups excluding carboxylic acids is 1. The van der Waals surface area contributed by atoms with Crippen LogP contribution in [0.15, 0.2) is 10.9 Å². The van der Waals surface area contributed by atoms with Crippen molar-refractivity contribution in [2.24, 2.45) is 12.8 Å². The molecule has 0 radical (unpaired) electrons. The summed E-state index contributed by atoms with van der Waals surface area (Å²) in [6.45, 7) is 7.30. The number of carbonyl (C=O) groups is 1. The second-order valence-corrected chi connectivity index (χ2v) is 7.62. The lowest BCUT2D eigenvalue weighted by Crippen LogP contribution is -2.29. The molecule has 1 amide bonds. The summed E-state index contributed by atoms with van der Waals surface area (Å²) >= 11 is 6.06. The maximum atomic E-state index is 11.7. The molecule has 3 rings (SSSR count). The number of ether oxygens (including phenoxy) is 1. The zero-order chi connectivity index (χ0) is 19.5. The van der Waals surface area contributed by atoms with Crippen LogP contribution in [-0.4, -0.2) is 39.3 Å². The minimum absolute atomic E-state index is 0.155. The van der Waals surface area contributed by atoms with Gasteiger partial charge in [-0.3, -0.25) is 4.57 Å². The van der Waals surface area contributed by atoms with Crippen LogP contribution in [0.5, 0.6) is 0 Å². The molecular formula is C17H26ClN5O3. The molecule has 0 unspecified atom stereocenters. The fourth-order valence-electron chi connectivity index (χ4n) is 2.82. The third kappa shape index (κ3) is 5.14. The minimum atomic E-state index is -0.725. The summed E-state index contributed by atoms with van der Waals surface area (Å²) in [6.07, 6.45) is 2.90. The minimum Gasteiger partial charge on any atom is -0.444 e. The Morgan fingerprint density at radius 2 is 1.92 bits per heavy atom. The number of nitrogens with two attached hydrogens (primary N) is 1. The van der Waals surface area contributed by atoms with Gasteiger partial charge in [0.2, 0.25) is 0 Å². The number of aromatic nitrogens is 3. The first-order valence-electron chi connectivity index (χ1n) is 8.57. The van der Waals surface area contributed by atoms with E-state index >= 15 is 0 Å². The van der Waals surface area contributed by atoms with Gasteiger partial charge in [-0.05, 0) is 40.0 Å². The van der Waals surface area contributed by atoms with Crippen LogP contribution in [0, 0.1) is 0 Å². The molecule has 1 fully saturated rings. The van der Waals surface area contributed by atoms with Gasteiger partial charge in [0.15, 0.2) is 5.65 Å². The molecule has 0 aliphatic carbocycles. The Kier molecular flexibility index (Phi) is 6.17. The van der Waals surface area contributed by atoms with Gasteiger partial charge in [0.25, 0.3) is 0 Å². The molecule has 1 saturated heterocycles. The number of H-pyrrole nitrogens is 1.